The van der Waals surface area contributed by atoms with Crippen LogP contribution in [0.15, 0.2) is 0 Å². The van der Waals surface area contributed by atoms with Gasteiger partial charge >= 0.3 is 5.43 Å². The van der Waals surface area contributed by atoms with Gasteiger partial charge in [-0.25, -0.2) is 4.79 Å². The van der Waals surface area contributed by atoms with Gasteiger partial charge in [0.25, 0.3) is 0 Å². The van der Waals surface area contributed by atoms with E-state index in [4.69, 9.17) is 16.3 Å². The summed E-state index contributed by atoms with van der Waals surface area (Å²) in [6, 6.07) is 0. The average Bonchev–Trinajstić information content (AvgIpc) is 2.11. The fourth-order valence-electron chi connectivity index (χ4n) is 5.34. The van der Waals surface area contributed by atoms with Crippen molar-refractivity contribution in [2.24, 2.45) is 29.6 Å². The highest BCUT2D eigenvalue weighted by Gasteiger charge is 2.54. The molecule has 0 radical (unpaired) electrons. The standard InChI is InChI=1S/C14H21ClO2/c1-14(2,17-13(15)16)12-10-4-8-3-9(6-10)7-11(12)5-8/h8-12H,3-7H2,1-2H3. The number of rotatable bonds is 2. The molecule has 3 heteroatoms. The van der Waals surface area contributed by atoms with E-state index in [1.54, 1.807) is 0 Å². The molecule has 0 aliphatic heterocycles. The molecule has 4 rings (SSSR count). The maximum atomic E-state index is 11.0. The third-order valence-electron chi connectivity index (χ3n) is 5.37. The van der Waals surface area contributed by atoms with Crippen LogP contribution in [0.1, 0.15) is 46.0 Å². The normalized spacial score (nSPS) is 43.8. The molecular formula is C14H21ClO2. The zero-order valence-electron chi connectivity index (χ0n) is 10.6. The maximum Gasteiger partial charge on any atom is 0.404 e. The van der Waals surface area contributed by atoms with Crippen LogP contribution in [-0.4, -0.2) is 11.0 Å². The molecule has 0 aromatic carbocycles. The van der Waals surface area contributed by atoms with E-state index in [0.717, 1.165) is 23.7 Å². The number of hydrogen-bond donors (Lipinski definition) is 0. The number of carbonyl (C=O) groups is 1. The molecule has 0 saturated heterocycles. The Labute approximate surface area is 108 Å². The van der Waals surface area contributed by atoms with Gasteiger partial charge in [0, 0.05) is 17.5 Å². The maximum absolute atomic E-state index is 11.0. The summed E-state index contributed by atoms with van der Waals surface area (Å²) in [6.45, 7) is 4.08. The van der Waals surface area contributed by atoms with E-state index in [-0.39, 0.29) is 5.60 Å². The highest BCUT2D eigenvalue weighted by Crippen LogP contribution is 2.59. The van der Waals surface area contributed by atoms with Gasteiger partial charge in [-0.2, -0.15) is 0 Å². The summed E-state index contributed by atoms with van der Waals surface area (Å²) in [7, 11) is 0. The molecule has 0 aromatic heterocycles. The number of carbonyl (C=O) groups excluding carboxylic acids is 1. The fraction of sp³-hybridized carbons (Fsp3) is 0.929. The quantitative estimate of drug-likeness (QED) is 0.692. The lowest BCUT2D eigenvalue weighted by Gasteiger charge is -2.58. The fourth-order valence-corrected chi connectivity index (χ4v) is 5.53. The van der Waals surface area contributed by atoms with E-state index in [2.05, 4.69) is 0 Å². The van der Waals surface area contributed by atoms with Gasteiger partial charge in [-0.1, -0.05) is 0 Å². The van der Waals surface area contributed by atoms with Gasteiger partial charge in [0.1, 0.15) is 5.60 Å². The van der Waals surface area contributed by atoms with Crippen LogP contribution >= 0.6 is 11.6 Å². The second kappa shape index (κ2) is 3.88. The van der Waals surface area contributed by atoms with Gasteiger partial charge in [0.15, 0.2) is 0 Å². The number of halogens is 1. The minimum Gasteiger partial charge on any atom is -0.447 e. The van der Waals surface area contributed by atoms with Crippen LogP contribution in [0, 0.1) is 29.6 Å². The van der Waals surface area contributed by atoms with Crippen LogP contribution in [0.2, 0.25) is 0 Å². The zero-order valence-corrected chi connectivity index (χ0v) is 11.4. The molecule has 4 fully saturated rings. The molecule has 0 aromatic rings. The summed E-state index contributed by atoms with van der Waals surface area (Å²) in [5, 5.41) is 0. The van der Waals surface area contributed by atoms with Gasteiger partial charge in [0.2, 0.25) is 0 Å². The SMILES string of the molecule is CC(C)(OC(=O)Cl)C1C2CC3CC(C2)CC1C3. The van der Waals surface area contributed by atoms with Crippen molar-refractivity contribution in [3.63, 3.8) is 0 Å². The Balaban J connectivity index is 1.81. The summed E-state index contributed by atoms with van der Waals surface area (Å²) >= 11 is 5.41. The molecule has 4 bridgehead atoms. The highest BCUT2D eigenvalue weighted by molar-refractivity contribution is 6.61. The van der Waals surface area contributed by atoms with E-state index >= 15 is 0 Å². The molecule has 0 atom stereocenters. The Morgan fingerprint density at radius 3 is 1.94 bits per heavy atom. The summed E-state index contributed by atoms with van der Waals surface area (Å²) in [5.74, 6) is 3.96. The lowest BCUT2D eigenvalue weighted by atomic mass is 9.49. The molecule has 4 aliphatic carbocycles. The van der Waals surface area contributed by atoms with Gasteiger partial charge < -0.3 is 4.74 Å². The Kier molecular flexibility index (Phi) is 2.70. The van der Waals surface area contributed by atoms with Gasteiger partial charge in [0.05, 0.1) is 0 Å². The number of hydrogen-bond acceptors (Lipinski definition) is 2. The van der Waals surface area contributed by atoms with Crippen molar-refractivity contribution in [2.45, 2.75) is 51.6 Å². The Hall–Kier alpha value is -0.240. The minimum atomic E-state index is -0.649. The molecule has 0 amide bonds. The lowest BCUT2D eigenvalue weighted by molar-refractivity contribution is -0.124. The molecule has 4 aliphatic rings. The predicted molar refractivity (Wildman–Crippen MR) is 66.9 cm³/mol. The summed E-state index contributed by atoms with van der Waals surface area (Å²) < 4.78 is 5.39. The lowest BCUT2D eigenvalue weighted by Crippen LogP contribution is -2.53. The van der Waals surface area contributed by atoms with Crippen LogP contribution in [0.25, 0.3) is 0 Å². The topological polar surface area (TPSA) is 26.3 Å². The van der Waals surface area contributed by atoms with Crippen molar-refractivity contribution in [1.82, 2.24) is 0 Å². The van der Waals surface area contributed by atoms with E-state index in [1.807, 2.05) is 13.8 Å². The molecule has 0 N–H and O–H groups in total. The van der Waals surface area contributed by atoms with Gasteiger partial charge in [-0.15, -0.1) is 0 Å². The van der Waals surface area contributed by atoms with Crippen LogP contribution in [0.4, 0.5) is 4.79 Å². The molecule has 4 saturated carbocycles. The van der Waals surface area contributed by atoms with Gasteiger partial charge in [-0.05, 0) is 69.6 Å². The third kappa shape index (κ3) is 1.99. The molecule has 0 unspecified atom stereocenters. The first-order valence-corrected chi connectivity index (χ1v) is 7.22. The Bertz CT molecular complexity index is 309. The van der Waals surface area contributed by atoms with Crippen LogP contribution < -0.4 is 0 Å². The largest absolute Gasteiger partial charge is 0.447 e. The molecule has 96 valence electrons. The highest BCUT2D eigenvalue weighted by atomic mass is 35.5. The first-order valence-electron chi connectivity index (χ1n) is 6.84. The number of ether oxygens (including phenoxy) is 1. The minimum absolute atomic E-state index is 0.387. The van der Waals surface area contributed by atoms with Crippen LogP contribution in [-0.2, 0) is 4.74 Å². The third-order valence-corrected chi connectivity index (χ3v) is 5.45. The second-order valence-electron chi connectivity index (χ2n) is 6.90. The Morgan fingerprint density at radius 2 is 1.53 bits per heavy atom. The Morgan fingerprint density at radius 1 is 1.06 bits per heavy atom. The zero-order chi connectivity index (χ0) is 12.2. The molecule has 17 heavy (non-hydrogen) atoms. The first kappa shape index (κ1) is 11.8. The second-order valence-corrected chi connectivity index (χ2v) is 7.21. The van der Waals surface area contributed by atoms with Crippen molar-refractivity contribution < 1.29 is 9.53 Å². The van der Waals surface area contributed by atoms with Crippen molar-refractivity contribution in [3.8, 4) is 0 Å². The smallest absolute Gasteiger partial charge is 0.404 e. The van der Waals surface area contributed by atoms with E-state index in [0.29, 0.717) is 5.92 Å². The van der Waals surface area contributed by atoms with Crippen LogP contribution in [0.5, 0.6) is 0 Å². The molecule has 0 spiro atoms. The summed E-state index contributed by atoms with van der Waals surface area (Å²) in [5.41, 5.74) is -1.04. The van der Waals surface area contributed by atoms with E-state index in [9.17, 15) is 4.79 Å². The monoisotopic (exact) mass is 256 g/mol. The van der Waals surface area contributed by atoms with Crippen molar-refractivity contribution in [1.29, 1.82) is 0 Å². The van der Waals surface area contributed by atoms with Crippen molar-refractivity contribution in [2.75, 3.05) is 0 Å². The average molecular weight is 257 g/mol. The van der Waals surface area contributed by atoms with Crippen molar-refractivity contribution in [3.05, 3.63) is 0 Å². The summed E-state index contributed by atoms with van der Waals surface area (Å²) in [4.78, 5) is 11.0. The predicted octanol–water partition coefficient (Wildman–Crippen LogP) is 4.21. The first-order chi connectivity index (χ1) is 7.95. The van der Waals surface area contributed by atoms with Crippen LogP contribution in [0.3, 0.4) is 0 Å². The molecular weight excluding hydrogens is 236 g/mol. The molecule has 0 heterocycles. The molecule has 2 nitrogen and oxygen atoms in total. The van der Waals surface area contributed by atoms with Gasteiger partial charge in [-0.3, -0.25) is 0 Å². The van der Waals surface area contributed by atoms with E-state index < -0.39 is 5.43 Å². The van der Waals surface area contributed by atoms with E-state index in [1.165, 1.54) is 32.1 Å². The van der Waals surface area contributed by atoms with Crippen molar-refractivity contribution >= 4 is 17.0 Å². The summed E-state index contributed by atoms with van der Waals surface area (Å²) in [6.07, 6.45) is 6.85.